The van der Waals surface area contributed by atoms with E-state index in [1.165, 1.54) is 47.6 Å². The van der Waals surface area contributed by atoms with Crippen LogP contribution in [0.15, 0.2) is 76.3 Å². The van der Waals surface area contributed by atoms with Crippen molar-refractivity contribution >= 4 is 17.4 Å². The molecular weight excluding hydrogens is 430 g/mol. The van der Waals surface area contributed by atoms with Crippen LogP contribution in [-0.4, -0.2) is 29.8 Å². The summed E-state index contributed by atoms with van der Waals surface area (Å²) >= 11 is 0. The van der Waals surface area contributed by atoms with Crippen molar-refractivity contribution in [2.24, 2.45) is 10.9 Å². The first-order valence-corrected chi connectivity index (χ1v) is 13.2. The molecule has 178 valence electrons. The maximum Gasteiger partial charge on any atom is 0.141 e. The van der Waals surface area contributed by atoms with Gasteiger partial charge in [-0.3, -0.25) is 4.99 Å². The molecule has 2 aliphatic heterocycles. The average Bonchev–Trinajstić information content (AvgIpc) is 2.92. The maximum atomic E-state index is 9.84. The molecule has 3 aliphatic carbocycles. The molecular formula is C31H33N3O. The van der Waals surface area contributed by atoms with Gasteiger partial charge in [-0.2, -0.15) is 5.26 Å². The first-order valence-electron chi connectivity index (χ1n) is 13.2. The fraction of sp³-hybridized carbons (Fsp3) is 0.419. The molecule has 0 radical (unpaired) electrons. The Hall–Kier alpha value is -3.32. The predicted octanol–water partition coefficient (Wildman–Crippen LogP) is 6.95. The van der Waals surface area contributed by atoms with Gasteiger partial charge in [-0.1, -0.05) is 49.4 Å². The van der Waals surface area contributed by atoms with Gasteiger partial charge < -0.3 is 9.64 Å². The third-order valence-corrected chi connectivity index (χ3v) is 8.10. The van der Waals surface area contributed by atoms with Gasteiger partial charge in [-0.05, 0) is 67.2 Å². The summed E-state index contributed by atoms with van der Waals surface area (Å²) in [5, 5.41) is 9.84. The number of ether oxygens (including phenoxy) is 1. The highest BCUT2D eigenvalue weighted by Gasteiger charge is 2.40. The topological polar surface area (TPSA) is 48.6 Å². The molecule has 0 N–H and O–H groups in total. The molecule has 0 amide bonds. The second-order valence-corrected chi connectivity index (χ2v) is 10.4. The van der Waals surface area contributed by atoms with Gasteiger partial charge in [0.25, 0.3) is 0 Å². The molecule has 4 nitrogen and oxygen atoms in total. The third kappa shape index (κ3) is 3.97. The number of fused-ring (bicyclic) bond motifs is 1. The van der Waals surface area contributed by atoms with Crippen molar-refractivity contribution in [2.45, 2.75) is 70.4 Å². The molecule has 6 rings (SSSR count). The molecule has 4 heteroatoms. The molecule has 1 aromatic carbocycles. The average molecular weight is 464 g/mol. The third-order valence-electron chi connectivity index (χ3n) is 8.10. The fourth-order valence-electron chi connectivity index (χ4n) is 6.35. The second-order valence-electron chi connectivity index (χ2n) is 10.4. The molecule has 3 atom stereocenters. The normalized spacial score (nSPS) is 28.0. The largest absolute Gasteiger partial charge is 0.486 e. The molecule has 5 aliphatic rings. The lowest BCUT2D eigenvalue weighted by atomic mass is 9.82. The predicted molar refractivity (Wildman–Crippen MR) is 141 cm³/mol. The van der Waals surface area contributed by atoms with Gasteiger partial charge in [0.15, 0.2) is 0 Å². The SMILES string of the molecule is CC1CCC2=C(C1)N(C1=C(c3ccccc3C3=C(C#N)CCN=C3)CCCC1)C1C=CC=CC1O2. The summed E-state index contributed by atoms with van der Waals surface area (Å²) in [5.74, 6) is 1.87. The van der Waals surface area contributed by atoms with Crippen molar-refractivity contribution < 1.29 is 4.74 Å². The van der Waals surface area contributed by atoms with Gasteiger partial charge in [0.2, 0.25) is 0 Å². The Kier molecular flexibility index (Phi) is 5.94. The van der Waals surface area contributed by atoms with E-state index in [1.54, 1.807) is 0 Å². The highest BCUT2D eigenvalue weighted by atomic mass is 16.5. The first kappa shape index (κ1) is 22.2. The second kappa shape index (κ2) is 9.38. The minimum atomic E-state index is 0.0662. The summed E-state index contributed by atoms with van der Waals surface area (Å²) < 4.78 is 6.57. The fourth-order valence-corrected chi connectivity index (χ4v) is 6.35. The Morgan fingerprint density at radius 1 is 1.00 bits per heavy atom. The van der Waals surface area contributed by atoms with Crippen LogP contribution in [0.25, 0.3) is 11.1 Å². The van der Waals surface area contributed by atoms with E-state index in [2.05, 4.69) is 71.5 Å². The summed E-state index contributed by atoms with van der Waals surface area (Å²) in [6.45, 7) is 3.07. The van der Waals surface area contributed by atoms with E-state index < -0.39 is 0 Å². The minimum Gasteiger partial charge on any atom is -0.486 e. The lowest BCUT2D eigenvalue weighted by Gasteiger charge is -2.48. The van der Waals surface area contributed by atoms with Crippen LogP contribution in [0.1, 0.15) is 69.4 Å². The van der Waals surface area contributed by atoms with Crippen molar-refractivity contribution in [3.8, 4) is 6.07 Å². The molecule has 3 unspecified atom stereocenters. The molecule has 1 aromatic rings. The zero-order chi connectivity index (χ0) is 23.8. The van der Waals surface area contributed by atoms with E-state index >= 15 is 0 Å². The van der Waals surface area contributed by atoms with Crippen LogP contribution in [0.5, 0.6) is 0 Å². The molecule has 0 saturated heterocycles. The van der Waals surface area contributed by atoms with E-state index in [1.807, 2.05) is 6.21 Å². The Labute approximate surface area is 208 Å². The van der Waals surface area contributed by atoms with Gasteiger partial charge in [0.1, 0.15) is 11.9 Å². The lowest BCUT2D eigenvalue weighted by molar-refractivity contribution is 0.0412. The number of allylic oxidation sites excluding steroid dienone is 7. The monoisotopic (exact) mass is 463 g/mol. The Balaban J connectivity index is 1.54. The quantitative estimate of drug-likeness (QED) is 0.487. The van der Waals surface area contributed by atoms with Crippen molar-refractivity contribution in [3.05, 3.63) is 82.4 Å². The number of dihydropyridines is 1. The summed E-state index contributed by atoms with van der Waals surface area (Å²) in [5.41, 5.74) is 8.55. The molecule has 0 fully saturated rings. The van der Waals surface area contributed by atoms with Crippen LogP contribution >= 0.6 is 0 Å². The number of aliphatic imine (C=N–C) groups is 1. The van der Waals surface area contributed by atoms with E-state index in [-0.39, 0.29) is 12.1 Å². The Morgan fingerprint density at radius 3 is 2.71 bits per heavy atom. The number of rotatable bonds is 3. The van der Waals surface area contributed by atoms with Crippen LogP contribution < -0.4 is 0 Å². The van der Waals surface area contributed by atoms with Crippen molar-refractivity contribution in [3.63, 3.8) is 0 Å². The number of hydrogen-bond acceptors (Lipinski definition) is 4. The lowest BCUT2D eigenvalue weighted by Crippen LogP contribution is -2.48. The van der Waals surface area contributed by atoms with Gasteiger partial charge in [-0.15, -0.1) is 0 Å². The van der Waals surface area contributed by atoms with Crippen LogP contribution in [0, 0.1) is 17.2 Å². The summed E-state index contributed by atoms with van der Waals surface area (Å²) in [7, 11) is 0. The highest BCUT2D eigenvalue weighted by molar-refractivity contribution is 6.14. The van der Waals surface area contributed by atoms with Crippen molar-refractivity contribution in [2.75, 3.05) is 6.54 Å². The van der Waals surface area contributed by atoms with Gasteiger partial charge >= 0.3 is 0 Å². The summed E-state index contributed by atoms with van der Waals surface area (Å²) in [4.78, 5) is 7.21. The van der Waals surface area contributed by atoms with E-state index in [9.17, 15) is 5.26 Å². The minimum absolute atomic E-state index is 0.0662. The molecule has 0 saturated carbocycles. The number of hydrogen-bond donors (Lipinski definition) is 0. The van der Waals surface area contributed by atoms with E-state index in [4.69, 9.17) is 4.74 Å². The standard InChI is InChI=1S/C31H33N3O/c1-21-14-15-31-29(18-21)34(28-12-6-7-13-30(28)35-31)27-11-5-4-10-25(27)23-8-2-3-9-24(23)26-20-33-17-16-22(26)19-32/h2-3,6-9,12-13,20-21,28,30H,4-5,10-11,14-18H2,1H3. The van der Waals surface area contributed by atoms with Crippen LogP contribution in [0.3, 0.4) is 0 Å². The summed E-state index contributed by atoms with van der Waals surface area (Å²) in [6.07, 6.45) is 19.4. The summed E-state index contributed by atoms with van der Waals surface area (Å²) in [6, 6.07) is 11.3. The first-order chi connectivity index (χ1) is 17.2. The number of nitriles is 1. The Bertz CT molecular complexity index is 1250. The zero-order valence-corrected chi connectivity index (χ0v) is 20.5. The van der Waals surface area contributed by atoms with E-state index in [0.29, 0.717) is 12.5 Å². The van der Waals surface area contributed by atoms with Gasteiger partial charge in [0, 0.05) is 42.4 Å². The van der Waals surface area contributed by atoms with E-state index in [0.717, 1.165) is 48.8 Å². The van der Waals surface area contributed by atoms with Gasteiger partial charge in [-0.25, -0.2) is 0 Å². The number of nitrogens with zero attached hydrogens (tertiary/aromatic N) is 3. The molecule has 0 aromatic heterocycles. The molecule has 2 heterocycles. The Morgan fingerprint density at radius 2 is 1.83 bits per heavy atom. The molecule has 35 heavy (non-hydrogen) atoms. The van der Waals surface area contributed by atoms with Crippen LogP contribution in [0.4, 0.5) is 0 Å². The maximum absolute atomic E-state index is 9.84. The van der Waals surface area contributed by atoms with Crippen molar-refractivity contribution in [1.82, 2.24) is 4.90 Å². The smallest absolute Gasteiger partial charge is 0.141 e. The van der Waals surface area contributed by atoms with Gasteiger partial charge in [0.05, 0.1) is 17.8 Å². The number of benzene rings is 1. The molecule has 0 spiro atoms. The van der Waals surface area contributed by atoms with Crippen LogP contribution in [0.2, 0.25) is 0 Å². The van der Waals surface area contributed by atoms with Crippen molar-refractivity contribution in [1.29, 1.82) is 5.26 Å². The van der Waals surface area contributed by atoms with Crippen LogP contribution in [-0.2, 0) is 4.74 Å². The zero-order valence-electron chi connectivity index (χ0n) is 20.5. The highest BCUT2D eigenvalue weighted by Crippen LogP contribution is 2.46. The molecule has 0 bridgehead atoms.